The third-order valence-electron chi connectivity index (χ3n) is 5.99. The average Bonchev–Trinajstić information content (AvgIpc) is 2.82. The lowest BCUT2D eigenvalue weighted by Gasteiger charge is -2.35. The van der Waals surface area contributed by atoms with Crippen molar-refractivity contribution in [3.63, 3.8) is 0 Å². The summed E-state index contributed by atoms with van der Waals surface area (Å²) in [7, 11) is 0. The van der Waals surface area contributed by atoms with E-state index in [9.17, 15) is 9.59 Å². The second-order valence-electron chi connectivity index (χ2n) is 8.42. The molecule has 2 aromatic heterocycles. The number of rotatable bonds is 6. The number of carbonyl (C=O) groups is 1. The Morgan fingerprint density at radius 1 is 1.09 bits per heavy atom. The predicted octanol–water partition coefficient (Wildman–Crippen LogP) is 2.77. The highest BCUT2D eigenvalue weighted by molar-refractivity contribution is 5.93. The summed E-state index contributed by atoms with van der Waals surface area (Å²) in [6, 6.07) is 11.4. The van der Waals surface area contributed by atoms with Crippen LogP contribution in [0.25, 0.3) is 11.4 Å². The molecule has 33 heavy (non-hydrogen) atoms. The van der Waals surface area contributed by atoms with Gasteiger partial charge in [-0.05, 0) is 43.5 Å². The number of aromatic nitrogens is 3. The number of benzene rings is 1. The first-order valence-electron chi connectivity index (χ1n) is 11.3. The fourth-order valence-corrected chi connectivity index (χ4v) is 4.07. The number of pyridine rings is 1. The maximum absolute atomic E-state index is 12.6. The summed E-state index contributed by atoms with van der Waals surface area (Å²) >= 11 is 0. The highest BCUT2D eigenvalue weighted by Crippen LogP contribution is 2.20. The maximum atomic E-state index is 12.6. The summed E-state index contributed by atoms with van der Waals surface area (Å²) in [5.74, 6) is 1.43. The van der Waals surface area contributed by atoms with Gasteiger partial charge in [-0.1, -0.05) is 25.1 Å². The van der Waals surface area contributed by atoms with Crippen molar-refractivity contribution < 1.29 is 4.79 Å². The molecule has 1 aliphatic rings. The van der Waals surface area contributed by atoms with Gasteiger partial charge in [0.2, 0.25) is 5.91 Å². The first kappa shape index (κ1) is 22.7. The minimum Gasteiger partial charge on any atom is -0.354 e. The molecule has 1 saturated heterocycles. The summed E-state index contributed by atoms with van der Waals surface area (Å²) in [5.41, 5.74) is 4.44. The Balaban J connectivity index is 1.33. The lowest BCUT2D eigenvalue weighted by molar-refractivity contribution is -0.117. The number of piperazine rings is 1. The number of H-pyrrole nitrogens is 1. The topological polar surface area (TPSA) is 94.2 Å². The van der Waals surface area contributed by atoms with E-state index in [1.807, 2.05) is 51.1 Å². The number of amides is 1. The van der Waals surface area contributed by atoms with Gasteiger partial charge >= 0.3 is 0 Å². The van der Waals surface area contributed by atoms with Gasteiger partial charge in [0.15, 0.2) is 0 Å². The molecule has 1 fully saturated rings. The Morgan fingerprint density at radius 3 is 2.45 bits per heavy atom. The molecule has 0 bridgehead atoms. The number of hydrogen-bond acceptors (Lipinski definition) is 6. The second kappa shape index (κ2) is 9.95. The van der Waals surface area contributed by atoms with Crippen molar-refractivity contribution in [2.75, 3.05) is 42.9 Å². The van der Waals surface area contributed by atoms with Crippen LogP contribution in [-0.2, 0) is 11.2 Å². The van der Waals surface area contributed by atoms with E-state index in [4.69, 9.17) is 0 Å². The van der Waals surface area contributed by atoms with Crippen molar-refractivity contribution >= 4 is 17.4 Å². The quantitative estimate of drug-likeness (QED) is 0.605. The lowest BCUT2D eigenvalue weighted by Crippen LogP contribution is -2.49. The van der Waals surface area contributed by atoms with Crippen LogP contribution in [0.2, 0.25) is 0 Å². The maximum Gasteiger partial charge on any atom is 0.251 e. The molecule has 1 aliphatic heterocycles. The molecular weight excluding hydrogens is 416 g/mol. The predicted molar refractivity (Wildman–Crippen MR) is 131 cm³/mol. The van der Waals surface area contributed by atoms with E-state index < -0.39 is 0 Å². The van der Waals surface area contributed by atoms with Gasteiger partial charge in [0.25, 0.3) is 5.56 Å². The normalized spacial score (nSPS) is 14.3. The summed E-state index contributed by atoms with van der Waals surface area (Å²) in [5, 5.41) is 3.06. The van der Waals surface area contributed by atoms with Crippen LogP contribution in [0, 0.1) is 13.8 Å². The lowest BCUT2D eigenvalue weighted by atomic mass is 10.1. The number of aromatic amines is 1. The van der Waals surface area contributed by atoms with Gasteiger partial charge in [-0.25, -0.2) is 9.97 Å². The van der Waals surface area contributed by atoms with Gasteiger partial charge in [-0.3, -0.25) is 14.5 Å². The fraction of sp³-hybridized carbons (Fsp3) is 0.360. The van der Waals surface area contributed by atoms with E-state index in [1.54, 1.807) is 6.20 Å². The molecule has 1 aromatic carbocycles. The van der Waals surface area contributed by atoms with Crippen LogP contribution in [0.5, 0.6) is 0 Å². The van der Waals surface area contributed by atoms with Gasteiger partial charge in [0.05, 0.1) is 6.54 Å². The van der Waals surface area contributed by atoms with Crippen LogP contribution in [0.1, 0.15) is 23.7 Å². The molecule has 3 aromatic rings. The smallest absolute Gasteiger partial charge is 0.251 e. The highest BCUT2D eigenvalue weighted by Gasteiger charge is 2.20. The number of hydrogen-bond donors (Lipinski definition) is 2. The Morgan fingerprint density at radius 2 is 1.82 bits per heavy atom. The number of anilines is 2. The number of aryl methyl sites for hydroxylation is 3. The standard InChI is InChI=1S/C25H30N6O2/c1-4-20-14-22(32)29-25(27-20)19-8-9-21(26-15-19)31-12-10-30(11-13-31)16-23(33)28-24-17(2)6-5-7-18(24)3/h5-9,14-15H,4,10-13,16H2,1-3H3,(H,28,33)(H,27,29,32). The Bertz CT molecular complexity index is 1160. The Labute approximate surface area is 193 Å². The molecule has 0 spiro atoms. The Hall–Kier alpha value is -3.52. The number of nitrogens with zero attached hydrogens (tertiary/aromatic N) is 4. The molecule has 3 heterocycles. The largest absolute Gasteiger partial charge is 0.354 e. The molecule has 8 heteroatoms. The SMILES string of the molecule is CCc1cc(=O)[nH]c(-c2ccc(N3CCN(CC(=O)Nc4c(C)cccc4C)CC3)nc2)n1. The molecule has 0 unspecified atom stereocenters. The van der Waals surface area contributed by atoms with E-state index in [0.29, 0.717) is 18.8 Å². The monoisotopic (exact) mass is 446 g/mol. The van der Waals surface area contributed by atoms with Crippen molar-refractivity contribution in [1.29, 1.82) is 0 Å². The number of carbonyl (C=O) groups excluding carboxylic acids is 1. The zero-order valence-electron chi connectivity index (χ0n) is 19.4. The molecule has 8 nitrogen and oxygen atoms in total. The molecular formula is C25H30N6O2. The van der Waals surface area contributed by atoms with E-state index in [-0.39, 0.29) is 11.5 Å². The molecule has 2 N–H and O–H groups in total. The minimum absolute atomic E-state index is 0.0131. The summed E-state index contributed by atoms with van der Waals surface area (Å²) in [6.45, 7) is 9.53. The van der Waals surface area contributed by atoms with E-state index in [2.05, 4.69) is 30.1 Å². The van der Waals surface area contributed by atoms with Crippen LogP contribution < -0.4 is 15.8 Å². The van der Waals surface area contributed by atoms with Gasteiger partial charge < -0.3 is 15.2 Å². The number of nitrogens with one attached hydrogen (secondary N) is 2. The van der Waals surface area contributed by atoms with Crippen molar-refractivity contribution in [1.82, 2.24) is 19.9 Å². The molecule has 0 saturated carbocycles. The molecule has 4 rings (SSSR count). The third kappa shape index (κ3) is 5.46. The van der Waals surface area contributed by atoms with Crippen LogP contribution in [-0.4, -0.2) is 58.5 Å². The highest BCUT2D eigenvalue weighted by atomic mass is 16.2. The average molecular weight is 447 g/mol. The van der Waals surface area contributed by atoms with E-state index >= 15 is 0 Å². The van der Waals surface area contributed by atoms with Crippen LogP contribution in [0.3, 0.4) is 0 Å². The van der Waals surface area contributed by atoms with Crippen molar-refractivity contribution in [3.8, 4) is 11.4 Å². The fourth-order valence-electron chi connectivity index (χ4n) is 4.07. The van der Waals surface area contributed by atoms with Gasteiger partial charge in [0, 0.05) is 55.4 Å². The number of para-hydroxylation sites is 1. The zero-order valence-corrected chi connectivity index (χ0v) is 19.4. The van der Waals surface area contributed by atoms with Crippen LogP contribution >= 0.6 is 0 Å². The molecule has 0 atom stereocenters. The molecule has 1 amide bonds. The summed E-state index contributed by atoms with van der Waals surface area (Å²) in [6.07, 6.45) is 2.45. The second-order valence-corrected chi connectivity index (χ2v) is 8.42. The van der Waals surface area contributed by atoms with Gasteiger partial charge in [0.1, 0.15) is 11.6 Å². The first-order valence-corrected chi connectivity index (χ1v) is 11.3. The van der Waals surface area contributed by atoms with Crippen molar-refractivity contribution in [2.24, 2.45) is 0 Å². The summed E-state index contributed by atoms with van der Waals surface area (Å²) < 4.78 is 0. The molecule has 0 aliphatic carbocycles. The zero-order chi connectivity index (χ0) is 23.4. The summed E-state index contributed by atoms with van der Waals surface area (Å²) in [4.78, 5) is 40.6. The van der Waals surface area contributed by atoms with Gasteiger partial charge in [-0.2, -0.15) is 0 Å². The Kier molecular flexibility index (Phi) is 6.84. The van der Waals surface area contributed by atoms with E-state index in [1.165, 1.54) is 6.07 Å². The van der Waals surface area contributed by atoms with Crippen LogP contribution in [0.4, 0.5) is 11.5 Å². The van der Waals surface area contributed by atoms with E-state index in [0.717, 1.165) is 60.1 Å². The minimum atomic E-state index is -0.154. The van der Waals surface area contributed by atoms with Gasteiger partial charge in [-0.15, -0.1) is 0 Å². The third-order valence-corrected chi connectivity index (χ3v) is 5.99. The molecule has 172 valence electrons. The van der Waals surface area contributed by atoms with Crippen LogP contribution in [0.15, 0.2) is 47.4 Å². The van der Waals surface area contributed by atoms with Crippen molar-refractivity contribution in [3.05, 3.63) is 69.8 Å². The van der Waals surface area contributed by atoms with Crippen molar-refractivity contribution in [2.45, 2.75) is 27.2 Å². The first-order chi connectivity index (χ1) is 15.9. The molecule has 0 radical (unpaired) electrons.